The molecular weight excluding hydrogens is 330 g/mol. The van der Waals surface area contributed by atoms with Crippen molar-refractivity contribution in [2.45, 2.75) is 129 Å². The molecule has 0 N–H and O–H groups in total. The molecule has 1 rings (SSSR count). The van der Waals surface area contributed by atoms with Crippen molar-refractivity contribution in [1.82, 2.24) is 4.90 Å². The second kappa shape index (κ2) is 15.9. The predicted molar refractivity (Wildman–Crippen MR) is 123 cm³/mol. The number of rotatable bonds is 8. The van der Waals surface area contributed by atoms with E-state index in [1.54, 1.807) is 5.57 Å². The number of allylic oxidation sites excluding steroid dienone is 1. The summed E-state index contributed by atoms with van der Waals surface area (Å²) in [4.78, 5) is 2.84. The van der Waals surface area contributed by atoms with Crippen molar-refractivity contribution < 1.29 is 0 Å². The second-order valence-corrected chi connectivity index (χ2v) is 12.1. The maximum Gasteiger partial charge on any atom is 0.0409 e. The van der Waals surface area contributed by atoms with Crippen molar-refractivity contribution in [3.8, 4) is 0 Å². The minimum Gasteiger partial charge on any atom is -0.297 e. The van der Waals surface area contributed by atoms with Gasteiger partial charge in [0.1, 0.15) is 0 Å². The maximum absolute atomic E-state index is 2.84. The predicted octanol–water partition coefficient (Wildman–Crippen LogP) is 7.58. The molecule has 1 nitrogen and oxygen atoms in total. The minimum absolute atomic E-state index is 0.570. The lowest BCUT2D eigenvalue weighted by atomic mass is 10.1. The zero-order valence-corrected chi connectivity index (χ0v) is 19.9. The number of nitrogens with zero attached hydrogens (tertiary/aromatic N) is 1. The van der Waals surface area contributed by atoms with Crippen LogP contribution < -0.4 is 0 Å². The Labute approximate surface area is 167 Å². The van der Waals surface area contributed by atoms with Crippen LogP contribution in [0, 0.1) is 0 Å². The summed E-state index contributed by atoms with van der Waals surface area (Å²) in [6.45, 7) is 12.2. The Kier molecular flexibility index (Phi) is 14.7. The van der Waals surface area contributed by atoms with Gasteiger partial charge in [-0.1, -0.05) is 102 Å². The van der Waals surface area contributed by atoms with Crippen LogP contribution in [-0.4, -0.2) is 32.8 Å². The van der Waals surface area contributed by atoms with Gasteiger partial charge in [0.15, 0.2) is 0 Å². The Balaban J connectivity index is 2.64. The summed E-state index contributed by atoms with van der Waals surface area (Å²) >= 11 is 0. The van der Waals surface area contributed by atoms with E-state index >= 15 is 0 Å². The molecular formula is C24H49NSi. The average molecular weight is 380 g/mol. The largest absolute Gasteiger partial charge is 0.297 e. The average Bonchev–Trinajstić information content (AvgIpc) is 2.67. The van der Waals surface area contributed by atoms with E-state index in [4.69, 9.17) is 0 Å². The fraction of sp³-hybridized carbons (Fsp3) is 0.917. The first-order valence-electron chi connectivity index (χ1n) is 12.1. The van der Waals surface area contributed by atoms with E-state index in [0.717, 1.165) is 0 Å². The van der Waals surface area contributed by atoms with E-state index in [1.807, 2.05) is 0 Å². The van der Waals surface area contributed by atoms with E-state index in [9.17, 15) is 0 Å². The van der Waals surface area contributed by atoms with Crippen molar-refractivity contribution in [3.05, 3.63) is 11.6 Å². The minimum atomic E-state index is -0.570. The molecule has 1 aliphatic heterocycles. The summed E-state index contributed by atoms with van der Waals surface area (Å²) in [6, 6.07) is 5.22. The Morgan fingerprint density at radius 3 is 1.62 bits per heavy atom. The fourth-order valence-electron chi connectivity index (χ4n) is 4.81. The van der Waals surface area contributed by atoms with Gasteiger partial charge in [0.25, 0.3) is 0 Å². The third-order valence-electron chi connectivity index (χ3n) is 6.51. The van der Waals surface area contributed by atoms with Gasteiger partial charge in [-0.25, -0.2) is 0 Å². The fourth-order valence-corrected chi connectivity index (χ4v) is 8.38. The van der Waals surface area contributed by atoms with Crippen LogP contribution in [0.2, 0.25) is 18.1 Å². The van der Waals surface area contributed by atoms with Crippen LogP contribution in [-0.2, 0) is 0 Å². The molecule has 0 aromatic carbocycles. The third-order valence-corrected chi connectivity index (χ3v) is 10.4. The van der Waals surface area contributed by atoms with Gasteiger partial charge in [-0.05, 0) is 45.8 Å². The second-order valence-electron chi connectivity index (χ2n) is 8.76. The Morgan fingerprint density at radius 2 is 1.23 bits per heavy atom. The molecule has 1 aliphatic rings. The molecule has 0 radical (unpaired) electrons. The van der Waals surface area contributed by atoms with Crippen LogP contribution in [0.5, 0.6) is 0 Å². The highest BCUT2D eigenvalue weighted by Crippen LogP contribution is 2.23. The van der Waals surface area contributed by atoms with E-state index < -0.39 is 8.80 Å². The van der Waals surface area contributed by atoms with Gasteiger partial charge in [-0.2, -0.15) is 0 Å². The van der Waals surface area contributed by atoms with Crippen LogP contribution in [0.3, 0.4) is 0 Å². The smallest absolute Gasteiger partial charge is 0.0409 e. The van der Waals surface area contributed by atoms with Crippen LogP contribution in [0.25, 0.3) is 0 Å². The molecule has 1 saturated heterocycles. The summed E-state index contributed by atoms with van der Waals surface area (Å²) in [7, 11) is -0.570. The normalized spacial score (nSPS) is 21.0. The van der Waals surface area contributed by atoms with Gasteiger partial charge < -0.3 is 0 Å². The van der Waals surface area contributed by atoms with Crippen molar-refractivity contribution in [2.75, 3.05) is 13.1 Å². The van der Waals surface area contributed by atoms with Gasteiger partial charge >= 0.3 is 0 Å². The van der Waals surface area contributed by atoms with Crippen LogP contribution in [0.1, 0.15) is 105 Å². The summed E-state index contributed by atoms with van der Waals surface area (Å²) in [5.74, 6) is 0. The molecule has 2 heteroatoms. The molecule has 1 fully saturated rings. The van der Waals surface area contributed by atoms with Gasteiger partial charge in [0.2, 0.25) is 0 Å². The number of hydrogen-bond acceptors (Lipinski definition) is 1. The highest BCUT2D eigenvalue weighted by molar-refractivity contribution is 6.59. The Bertz CT molecular complexity index is 332. The van der Waals surface area contributed by atoms with Gasteiger partial charge in [0, 0.05) is 14.8 Å². The first-order valence-corrected chi connectivity index (χ1v) is 14.6. The molecule has 0 aliphatic carbocycles. The molecule has 0 aromatic heterocycles. The first-order chi connectivity index (χ1) is 12.7. The molecule has 1 heterocycles. The van der Waals surface area contributed by atoms with Gasteiger partial charge in [0.05, 0.1) is 0 Å². The summed E-state index contributed by atoms with van der Waals surface area (Å²) in [6.07, 6.45) is 19.8. The molecule has 1 unspecified atom stereocenters. The number of hydrogen-bond donors (Lipinski definition) is 0. The van der Waals surface area contributed by atoms with Crippen LogP contribution in [0.4, 0.5) is 0 Å². The summed E-state index contributed by atoms with van der Waals surface area (Å²) in [5, 5.41) is 0. The molecule has 154 valence electrons. The quantitative estimate of drug-likeness (QED) is 0.310. The molecule has 1 atom stereocenters. The monoisotopic (exact) mass is 379 g/mol. The molecule has 0 bridgehead atoms. The van der Waals surface area contributed by atoms with Crippen molar-refractivity contribution in [2.24, 2.45) is 0 Å². The van der Waals surface area contributed by atoms with E-state index in [-0.39, 0.29) is 0 Å². The first kappa shape index (κ1) is 24.0. The van der Waals surface area contributed by atoms with Crippen molar-refractivity contribution in [3.63, 3.8) is 0 Å². The van der Waals surface area contributed by atoms with Crippen molar-refractivity contribution in [1.29, 1.82) is 0 Å². The zero-order valence-electron chi connectivity index (χ0n) is 18.7. The molecule has 0 spiro atoms. The maximum atomic E-state index is 2.84. The lowest BCUT2D eigenvalue weighted by Gasteiger charge is -2.32. The topological polar surface area (TPSA) is 3.24 Å². The van der Waals surface area contributed by atoms with E-state index in [0.29, 0.717) is 6.04 Å². The van der Waals surface area contributed by atoms with E-state index in [2.05, 4.69) is 38.7 Å². The van der Waals surface area contributed by atoms with Crippen molar-refractivity contribution >= 4 is 8.80 Å². The summed E-state index contributed by atoms with van der Waals surface area (Å²) in [5.41, 5.74) is 1.77. The SMILES string of the molecule is CC=C(C[SiH](CCC)CCC)C(C)N1CCCCCCCCCCCC1. The lowest BCUT2D eigenvalue weighted by Crippen LogP contribution is -2.37. The lowest BCUT2D eigenvalue weighted by molar-refractivity contribution is 0.222. The molecule has 26 heavy (non-hydrogen) atoms. The Morgan fingerprint density at radius 1 is 0.808 bits per heavy atom. The molecule has 0 aromatic rings. The molecule has 0 amide bonds. The standard InChI is InChI=1S/C24H49NSi/c1-5-20-26(21-6-2)22-24(7-3)23(4)25-18-16-14-12-10-8-9-11-13-15-17-19-25/h7,23,26H,5-6,8-22H2,1-4H3. The zero-order chi connectivity index (χ0) is 19.0. The Hall–Kier alpha value is -0.0831. The van der Waals surface area contributed by atoms with Gasteiger partial charge in [-0.3, -0.25) is 4.90 Å². The van der Waals surface area contributed by atoms with Gasteiger partial charge in [-0.15, -0.1) is 0 Å². The highest BCUT2D eigenvalue weighted by atomic mass is 28.3. The van der Waals surface area contributed by atoms with Crippen LogP contribution >= 0.6 is 0 Å². The summed E-state index contributed by atoms with van der Waals surface area (Å²) < 4.78 is 0. The highest BCUT2D eigenvalue weighted by Gasteiger charge is 2.20. The van der Waals surface area contributed by atoms with Crippen LogP contribution in [0.15, 0.2) is 11.6 Å². The molecule has 0 saturated carbocycles. The van der Waals surface area contributed by atoms with E-state index in [1.165, 1.54) is 108 Å². The third kappa shape index (κ3) is 10.3.